The first kappa shape index (κ1) is 19.1. The van der Waals surface area contributed by atoms with Crippen molar-refractivity contribution in [2.45, 2.75) is 18.9 Å². The molecule has 1 N–H and O–H groups in total. The van der Waals surface area contributed by atoms with Gasteiger partial charge >= 0.3 is 0 Å². The van der Waals surface area contributed by atoms with Crippen molar-refractivity contribution in [3.05, 3.63) is 75.7 Å². The molecule has 1 fully saturated rings. The zero-order chi connectivity index (χ0) is 20.4. The molecule has 0 saturated carbocycles. The molecule has 1 aliphatic rings. The van der Waals surface area contributed by atoms with Crippen LogP contribution in [-0.4, -0.2) is 33.5 Å². The number of amides is 2. The van der Waals surface area contributed by atoms with E-state index < -0.39 is 23.4 Å². The van der Waals surface area contributed by atoms with Gasteiger partial charge < -0.3 is 10.2 Å². The van der Waals surface area contributed by atoms with Gasteiger partial charge in [-0.25, -0.2) is 8.78 Å². The Hall–Kier alpha value is -3.20. The molecule has 1 unspecified atom stereocenters. The van der Waals surface area contributed by atoms with E-state index in [2.05, 4.69) is 15.5 Å². The van der Waals surface area contributed by atoms with Crippen LogP contribution in [0.25, 0.3) is 0 Å². The van der Waals surface area contributed by atoms with Gasteiger partial charge in [-0.2, -0.15) is 0 Å². The molecule has 0 bridgehead atoms. The second-order valence-electron chi connectivity index (χ2n) is 6.54. The Kier molecular flexibility index (Phi) is 5.30. The van der Waals surface area contributed by atoms with Gasteiger partial charge in [0, 0.05) is 12.2 Å². The summed E-state index contributed by atoms with van der Waals surface area (Å²) < 4.78 is 27.0. The van der Waals surface area contributed by atoms with E-state index in [-0.39, 0.29) is 16.6 Å². The van der Waals surface area contributed by atoms with Gasteiger partial charge in [-0.05, 0) is 49.2 Å². The monoisotopic (exact) mass is 414 g/mol. The predicted octanol–water partition coefficient (Wildman–Crippen LogP) is 4.05. The average molecular weight is 414 g/mol. The van der Waals surface area contributed by atoms with Crippen molar-refractivity contribution in [2.75, 3.05) is 11.9 Å². The van der Waals surface area contributed by atoms with Crippen molar-refractivity contribution in [3.8, 4) is 0 Å². The first-order valence-corrected chi connectivity index (χ1v) is 9.80. The van der Waals surface area contributed by atoms with Gasteiger partial charge in [0.25, 0.3) is 11.8 Å². The number of halogens is 2. The van der Waals surface area contributed by atoms with Gasteiger partial charge in [-0.15, -0.1) is 10.2 Å². The van der Waals surface area contributed by atoms with Crippen LogP contribution < -0.4 is 5.32 Å². The summed E-state index contributed by atoms with van der Waals surface area (Å²) in [6.45, 7) is 0.481. The van der Waals surface area contributed by atoms with Gasteiger partial charge in [0.1, 0.15) is 16.6 Å². The second kappa shape index (κ2) is 8.04. The highest BCUT2D eigenvalue weighted by molar-refractivity contribution is 7.13. The van der Waals surface area contributed by atoms with E-state index in [1.807, 2.05) is 0 Å². The number of anilines is 1. The molecular weight excluding hydrogens is 398 g/mol. The quantitative estimate of drug-likeness (QED) is 0.699. The summed E-state index contributed by atoms with van der Waals surface area (Å²) in [6, 6.07) is 10.9. The van der Waals surface area contributed by atoms with E-state index in [9.17, 15) is 18.4 Å². The fourth-order valence-corrected chi connectivity index (χ4v) is 4.12. The van der Waals surface area contributed by atoms with E-state index in [4.69, 9.17) is 0 Å². The normalized spacial score (nSPS) is 16.1. The molecule has 4 rings (SSSR count). The zero-order valence-electron chi connectivity index (χ0n) is 15.1. The number of likely N-dealkylation sites (tertiary alicyclic amines) is 1. The molecule has 0 aliphatic carbocycles. The Morgan fingerprint density at radius 2 is 1.83 bits per heavy atom. The molecule has 2 aromatic carbocycles. The number of benzene rings is 2. The Labute approximate surface area is 169 Å². The number of aromatic nitrogens is 2. The molecule has 1 saturated heterocycles. The average Bonchev–Trinajstić information content (AvgIpc) is 3.39. The number of nitrogens with zero attached hydrogens (tertiary/aromatic N) is 3. The van der Waals surface area contributed by atoms with E-state index in [1.54, 1.807) is 11.0 Å². The van der Waals surface area contributed by atoms with Gasteiger partial charge in [0.15, 0.2) is 0 Å². The number of nitrogens with one attached hydrogen (secondary N) is 1. The van der Waals surface area contributed by atoms with Crippen LogP contribution in [0.5, 0.6) is 0 Å². The summed E-state index contributed by atoms with van der Waals surface area (Å²) in [7, 11) is 0. The summed E-state index contributed by atoms with van der Waals surface area (Å²) in [5, 5.41) is 11.3. The number of hydrogen-bond acceptors (Lipinski definition) is 5. The Balaban J connectivity index is 1.50. The number of hydrogen-bond donors (Lipinski definition) is 1. The molecule has 2 heterocycles. The molecule has 148 valence electrons. The van der Waals surface area contributed by atoms with Crippen molar-refractivity contribution in [3.63, 3.8) is 0 Å². The smallest absolute Gasteiger partial charge is 0.286 e. The van der Waals surface area contributed by atoms with Crippen LogP contribution in [0.4, 0.5) is 14.5 Å². The predicted molar refractivity (Wildman–Crippen MR) is 104 cm³/mol. The molecule has 9 heteroatoms. The summed E-state index contributed by atoms with van der Waals surface area (Å²) in [5.41, 5.74) is 0.448. The van der Waals surface area contributed by atoms with E-state index in [0.717, 1.165) is 17.8 Å². The van der Waals surface area contributed by atoms with Gasteiger partial charge in [0.2, 0.25) is 5.01 Å². The highest BCUT2D eigenvalue weighted by Gasteiger charge is 2.34. The van der Waals surface area contributed by atoms with Gasteiger partial charge in [-0.1, -0.05) is 23.5 Å². The molecule has 1 aliphatic heterocycles. The molecule has 0 radical (unpaired) electrons. The summed E-state index contributed by atoms with van der Waals surface area (Å²) in [5.74, 6) is -1.84. The second-order valence-corrected chi connectivity index (χ2v) is 7.55. The number of rotatable bonds is 4. The minimum atomic E-state index is -0.570. The minimum absolute atomic E-state index is 0.0122. The molecule has 0 spiro atoms. The van der Waals surface area contributed by atoms with Crippen LogP contribution >= 0.6 is 11.3 Å². The zero-order valence-corrected chi connectivity index (χ0v) is 16.0. The summed E-state index contributed by atoms with van der Waals surface area (Å²) in [4.78, 5) is 26.7. The third-order valence-electron chi connectivity index (χ3n) is 4.64. The third kappa shape index (κ3) is 4.00. The first-order chi connectivity index (χ1) is 14.0. The maximum absolute atomic E-state index is 14.0. The molecular formula is C20H16F2N4O2S. The number of carbonyl (C=O) groups excluding carboxylic acids is 2. The number of carbonyl (C=O) groups is 2. The molecule has 6 nitrogen and oxygen atoms in total. The lowest BCUT2D eigenvalue weighted by Gasteiger charge is -2.23. The van der Waals surface area contributed by atoms with Crippen molar-refractivity contribution >= 4 is 28.8 Å². The van der Waals surface area contributed by atoms with Crippen LogP contribution in [0.1, 0.15) is 44.1 Å². The molecule has 29 heavy (non-hydrogen) atoms. The van der Waals surface area contributed by atoms with Gasteiger partial charge in [0.05, 0.1) is 11.6 Å². The molecule has 3 aromatic rings. The highest BCUT2D eigenvalue weighted by Crippen LogP contribution is 2.35. The summed E-state index contributed by atoms with van der Waals surface area (Å²) >= 11 is 1.09. The van der Waals surface area contributed by atoms with Gasteiger partial charge in [-0.3, -0.25) is 9.59 Å². The Bertz CT molecular complexity index is 1050. The fourth-order valence-electron chi connectivity index (χ4n) is 3.23. The lowest BCUT2D eigenvalue weighted by atomic mass is 10.1. The van der Waals surface area contributed by atoms with Crippen molar-refractivity contribution < 1.29 is 18.4 Å². The van der Waals surface area contributed by atoms with E-state index in [1.165, 1.54) is 42.5 Å². The molecule has 1 atom stereocenters. The van der Waals surface area contributed by atoms with Crippen LogP contribution in [0.15, 0.2) is 48.5 Å². The fraction of sp³-hybridized carbons (Fsp3) is 0.200. The lowest BCUT2D eigenvalue weighted by Crippen LogP contribution is -2.31. The Morgan fingerprint density at radius 1 is 1.07 bits per heavy atom. The maximum Gasteiger partial charge on any atom is 0.286 e. The highest BCUT2D eigenvalue weighted by atomic mass is 32.1. The SMILES string of the molecule is O=C(Nc1ccc(F)cc1)c1nnc(C2CCCN2C(=O)c2ccccc2F)s1. The van der Waals surface area contributed by atoms with Crippen molar-refractivity contribution in [1.29, 1.82) is 0 Å². The molecule has 2 amide bonds. The minimum Gasteiger partial charge on any atom is -0.329 e. The van der Waals surface area contributed by atoms with Crippen molar-refractivity contribution in [1.82, 2.24) is 15.1 Å². The largest absolute Gasteiger partial charge is 0.329 e. The van der Waals surface area contributed by atoms with Crippen molar-refractivity contribution in [2.24, 2.45) is 0 Å². The molecule has 1 aromatic heterocycles. The van der Waals surface area contributed by atoms with E-state index in [0.29, 0.717) is 23.7 Å². The third-order valence-corrected chi connectivity index (χ3v) is 5.66. The lowest BCUT2D eigenvalue weighted by molar-refractivity contribution is 0.0730. The van der Waals surface area contributed by atoms with E-state index >= 15 is 0 Å². The van der Waals surface area contributed by atoms with Crippen LogP contribution in [-0.2, 0) is 0 Å². The summed E-state index contributed by atoms with van der Waals surface area (Å²) in [6.07, 6.45) is 1.41. The first-order valence-electron chi connectivity index (χ1n) is 8.99. The maximum atomic E-state index is 14.0. The van der Waals surface area contributed by atoms with Crippen LogP contribution in [0.2, 0.25) is 0 Å². The van der Waals surface area contributed by atoms with Crippen LogP contribution in [0.3, 0.4) is 0 Å². The standard InChI is InChI=1S/C20H16F2N4O2S/c21-12-7-9-13(10-8-12)23-17(27)19-25-24-18(29-19)16-6-3-11-26(16)20(28)14-4-1-2-5-15(14)22/h1-2,4-5,7-10,16H,3,6,11H2,(H,23,27). The Morgan fingerprint density at radius 3 is 2.59 bits per heavy atom. The topological polar surface area (TPSA) is 75.2 Å². The van der Waals surface area contributed by atoms with Crippen LogP contribution in [0, 0.1) is 11.6 Å².